The Morgan fingerprint density at radius 2 is 1.26 bits per heavy atom. The minimum absolute atomic E-state index is 0.981. The number of rotatable bonds is 3. The Kier molecular flexibility index (Phi) is 7.18. The smallest absolute Gasteiger partial charge is 0.0538 e. The van der Waals surface area contributed by atoms with E-state index < -0.39 is 0 Å². The lowest BCUT2D eigenvalue weighted by molar-refractivity contribution is 0.950. The van der Waals surface area contributed by atoms with Crippen molar-refractivity contribution in [3.05, 3.63) is 178 Å². The van der Waals surface area contributed by atoms with Gasteiger partial charge in [-0.2, -0.15) is 0 Å². The van der Waals surface area contributed by atoms with Crippen LogP contribution in [0, 0.1) is 6.92 Å². The van der Waals surface area contributed by atoms with Gasteiger partial charge in [0.15, 0.2) is 0 Å². The van der Waals surface area contributed by atoms with Crippen LogP contribution in [-0.4, -0.2) is 4.57 Å². The zero-order valence-corrected chi connectivity index (χ0v) is 27.0. The Balaban J connectivity index is 0.000000156. The second kappa shape index (κ2) is 11.7. The summed E-state index contributed by atoms with van der Waals surface area (Å²) in [6, 6.07) is 44.1. The van der Waals surface area contributed by atoms with Gasteiger partial charge in [0.25, 0.3) is 0 Å². The zero-order valence-electron chi connectivity index (χ0n) is 27.0. The Morgan fingerprint density at radius 3 is 2.02 bits per heavy atom. The lowest BCUT2D eigenvalue weighted by atomic mass is 9.89. The van der Waals surface area contributed by atoms with Gasteiger partial charge in [-0.15, -0.1) is 0 Å². The van der Waals surface area contributed by atoms with E-state index >= 15 is 0 Å². The van der Waals surface area contributed by atoms with E-state index in [2.05, 4.69) is 159 Å². The summed E-state index contributed by atoms with van der Waals surface area (Å²) in [6.07, 6.45) is 9.14. The fourth-order valence-electron chi connectivity index (χ4n) is 7.68. The first kappa shape index (κ1) is 28.3. The van der Waals surface area contributed by atoms with Gasteiger partial charge in [-0.05, 0) is 109 Å². The summed E-state index contributed by atoms with van der Waals surface area (Å²) in [4.78, 5) is 0. The highest BCUT2D eigenvalue weighted by atomic mass is 15.0. The van der Waals surface area contributed by atoms with E-state index in [0.717, 1.165) is 12.8 Å². The van der Waals surface area contributed by atoms with Gasteiger partial charge in [-0.3, -0.25) is 0 Å². The Hall–Kier alpha value is -5.14. The number of benzene rings is 5. The molecule has 0 aliphatic heterocycles. The van der Waals surface area contributed by atoms with Crippen molar-refractivity contribution in [1.82, 2.24) is 4.57 Å². The molecular weight excluding hydrogens is 555 g/mol. The Bertz CT molecular complexity index is 2200. The van der Waals surface area contributed by atoms with Crippen molar-refractivity contribution in [2.24, 2.45) is 0 Å². The molecule has 3 aliphatic rings. The lowest BCUT2D eigenvalue weighted by Crippen LogP contribution is -1.99. The highest BCUT2D eigenvalue weighted by Gasteiger charge is 2.27. The number of nitrogens with zero attached hydrogens (tertiary/aromatic N) is 1. The van der Waals surface area contributed by atoms with Crippen molar-refractivity contribution in [1.29, 1.82) is 0 Å². The first-order valence-corrected chi connectivity index (χ1v) is 16.6. The van der Waals surface area contributed by atoms with E-state index in [1.165, 1.54) is 96.4 Å². The van der Waals surface area contributed by atoms with Crippen LogP contribution in [0.1, 0.15) is 54.6 Å². The summed E-state index contributed by atoms with van der Waals surface area (Å²) < 4.78 is 2.45. The van der Waals surface area contributed by atoms with Crippen LogP contribution in [0.4, 0.5) is 0 Å². The van der Waals surface area contributed by atoms with Crippen LogP contribution in [0.5, 0.6) is 0 Å². The predicted molar refractivity (Wildman–Crippen MR) is 196 cm³/mol. The fraction of sp³-hybridized carbons (Fsp3) is 0.156. The average Bonchev–Trinajstić information content (AvgIpc) is 3.73. The molecule has 0 saturated carbocycles. The number of allylic oxidation sites excluding steroid dienone is 6. The molecule has 3 aliphatic carbocycles. The number of hydrogen-bond donors (Lipinski definition) is 0. The van der Waals surface area contributed by atoms with Gasteiger partial charge in [0, 0.05) is 28.8 Å². The summed E-state index contributed by atoms with van der Waals surface area (Å²) in [6.45, 7) is 6.69. The van der Waals surface area contributed by atoms with E-state index in [1.807, 2.05) is 0 Å². The van der Waals surface area contributed by atoms with Crippen molar-refractivity contribution in [3.8, 4) is 27.9 Å². The van der Waals surface area contributed by atoms with Crippen molar-refractivity contribution in [2.45, 2.75) is 46.5 Å². The van der Waals surface area contributed by atoms with Crippen LogP contribution in [0.15, 0.2) is 150 Å². The third-order valence-electron chi connectivity index (χ3n) is 9.98. The van der Waals surface area contributed by atoms with Gasteiger partial charge < -0.3 is 4.57 Å². The lowest BCUT2D eigenvalue weighted by Gasteiger charge is -2.16. The average molecular weight is 594 g/mol. The third kappa shape index (κ3) is 4.88. The molecule has 1 heteroatoms. The summed E-state index contributed by atoms with van der Waals surface area (Å²) in [7, 11) is 0. The summed E-state index contributed by atoms with van der Waals surface area (Å²) in [5, 5.41) is 1.34. The predicted octanol–water partition coefficient (Wildman–Crippen LogP) is 11.9. The van der Waals surface area contributed by atoms with Crippen molar-refractivity contribution in [2.75, 3.05) is 0 Å². The monoisotopic (exact) mass is 593 g/mol. The second-order valence-corrected chi connectivity index (χ2v) is 13.0. The SMILES string of the molecule is CC1=C(C2=C(C)Cc3ccccc32)C=CCC1.Cc1ccc(-c2ccc3c(c2)c2c(n3-c3ccccc3)Cc3ccccc3-2)cc1. The molecule has 0 unspecified atom stereocenters. The van der Waals surface area contributed by atoms with Gasteiger partial charge >= 0.3 is 0 Å². The molecule has 1 aromatic heterocycles. The van der Waals surface area contributed by atoms with Crippen LogP contribution in [0.3, 0.4) is 0 Å². The molecule has 0 spiro atoms. The fourth-order valence-corrected chi connectivity index (χ4v) is 7.68. The number of aryl methyl sites for hydroxylation is 1. The quantitative estimate of drug-likeness (QED) is 0.192. The molecule has 0 saturated heterocycles. The summed E-state index contributed by atoms with van der Waals surface area (Å²) in [5.41, 5.74) is 20.9. The zero-order chi connectivity index (χ0) is 31.2. The van der Waals surface area contributed by atoms with E-state index in [1.54, 1.807) is 5.57 Å². The van der Waals surface area contributed by atoms with Crippen molar-refractivity contribution < 1.29 is 0 Å². The van der Waals surface area contributed by atoms with Crippen LogP contribution >= 0.6 is 0 Å². The number of para-hydroxylation sites is 1. The van der Waals surface area contributed by atoms with Crippen molar-refractivity contribution in [3.63, 3.8) is 0 Å². The van der Waals surface area contributed by atoms with Crippen LogP contribution < -0.4 is 0 Å². The second-order valence-electron chi connectivity index (χ2n) is 13.0. The molecule has 0 fully saturated rings. The number of aromatic nitrogens is 1. The topological polar surface area (TPSA) is 4.93 Å². The molecule has 1 nitrogen and oxygen atoms in total. The van der Waals surface area contributed by atoms with Crippen LogP contribution in [0.2, 0.25) is 0 Å². The highest BCUT2D eigenvalue weighted by Crippen LogP contribution is 2.46. The maximum absolute atomic E-state index is 2.45. The maximum Gasteiger partial charge on any atom is 0.0538 e. The normalized spacial score (nSPS) is 14.7. The standard InChI is InChI=1S/C28H21N.C17H18/c1-19-11-13-20(14-12-19)21-15-16-26-25(17-21)28-24-10-6-5-7-22(24)18-27(28)29(26)23-8-3-2-4-9-23;1-12-7-3-5-9-15(12)17-13(2)11-14-8-4-6-10-16(14)17/h2-17H,18H2,1H3;4-6,8-10H,3,7,11H2,1-2H3. The molecule has 46 heavy (non-hydrogen) atoms. The van der Waals surface area contributed by atoms with Gasteiger partial charge in [0.05, 0.1) is 5.52 Å². The molecular formula is C45H39N. The largest absolute Gasteiger partial charge is 0.313 e. The minimum atomic E-state index is 0.981. The molecule has 0 bridgehead atoms. The highest BCUT2D eigenvalue weighted by molar-refractivity contribution is 6.03. The van der Waals surface area contributed by atoms with Crippen molar-refractivity contribution >= 4 is 16.5 Å². The Morgan fingerprint density at radius 1 is 0.587 bits per heavy atom. The molecule has 0 radical (unpaired) electrons. The number of fused-ring (bicyclic) bond motifs is 6. The third-order valence-corrected chi connectivity index (χ3v) is 9.98. The van der Waals surface area contributed by atoms with Gasteiger partial charge in [-0.25, -0.2) is 0 Å². The van der Waals surface area contributed by atoms with E-state index in [9.17, 15) is 0 Å². The Labute approximate surface area is 272 Å². The molecule has 1 heterocycles. The van der Waals surface area contributed by atoms with E-state index in [4.69, 9.17) is 0 Å². The van der Waals surface area contributed by atoms with E-state index in [0.29, 0.717) is 0 Å². The van der Waals surface area contributed by atoms with Gasteiger partial charge in [0.2, 0.25) is 0 Å². The van der Waals surface area contributed by atoms with Gasteiger partial charge in [-0.1, -0.05) is 126 Å². The first-order valence-electron chi connectivity index (χ1n) is 16.6. The van der Waals surface area contributed by atoms with Crippen LogP contribution in [0.25, 0.3) is 44.4 Å². The number of hydrogen-bond acceptors (Lipinski definition) is 0. The van der Waals surface area contributed by atoms with Gasteiger partial charge in [0.1, 0.15) is 0 Å². The molecule has 0 atom stereocenters. The van der Waals surface area contributed by atoms with E-state index in [-0.39, 0.29) is 0 Å². The maximum atomic E-state index is 2.45. The molecule has 6 aromatic rings. The molecule has 0 N–H and O–H groups in total. The molecule has 224 valence electrons. The molecule has 9 rings (SSSR count). The first-order chi connectivity index (χ1) is 22.6. The molecule has 0 amide bonds. The summed E-state index contributed by atoms with van der Waals surface area (Å²) in [5.74, 6) is 0. The minimum Gasteiger partial charge on any atom is -0.313 e. The summed E-state index contributed by atoms with van der Waals surface area (Å²) >= 11 is 0. The molecule has 5 aromatic carbocycles. The van der Waals surface area contributed by atoms with Crippen LogP contribution in [-0.2, 0) is 12.8 Å².